The van der Waals surface area contributed by atoms with E-state index in [1.54, 1.807) is 6.07 Å². The predicted molar refractivity (Wildman–Crippen MR) is 132 cm³/mol. The summed E-state index contributed by atoms with van der Waals surface area (Å²) in [5.74, 6) is 0.588. The van der Waals surface area contributed by atoms with Crippen LogP contribution in [0.25, 0.3) is 11.1 Å². The maximum absolute atomic E-state index is 10.1. The molecule has 0 atom stereocenters. The topological polar surface area (TPSA) is 49.7 Å². The molecule has 32 heavy (non-hydrogen) atoms. The van der Waals surface area contributed by atoms with Crippen molar-refractivity contribution in [1.82, 2.24) is 0 Å². The van der Waals surface area contributed by atoms with Gasteiger partial charge in [0.2, 0.25) is 0 Å². The minimum Gasteiger partial charge on any atom is -0.504 e. The van der Waals surface area contributed by atoms with Crippen LogP contribution in [0.5, 0.6) is 17.2 Å². The zero-order valence-corrected chi connectivity index (χ0v) is 19.5. The molecule has 0 saturated carbocycles. The van der Waals surface area contributed by atoms with Gasteiger partial charge in [-0.2, -0.15) is 0 Å². The van der Waals surface area contributed by atoms with Gasteiger partial charge in [-0.1, -0.05) is 48.5 Å². The normalized spacial score (nSPS) is 12.4. The molecule has 3 aromatic carbocycles. The van der Waals surface area contributed by atoms with E-state index in [0.29, 0.717) is 6.61 Å². The van der Waals surface area contributed by atoms with Crippen LogP contribution in [0.3, 0.4) is 0 Å². The molecule has 0 aliphatic rings. The fourth-order valence-electron chi connectivity index (χ4n) is 3.75. The highest BCUT2D eigenvalue weighted by Gasteiger charge is 2.16. The van der Waals surface area contributed by atoms with Gasteiger partial charge in [0.25, 0.3) is 0 Å². The molecule has 0 spiro atoms. The van der Waals surface area contributed by atoms with Crippen molar-refractivity contribution in [2.24, 2.45) is 0 Å². The van der Waals surface area contributed by atoms with Crippen LogP contribution in [0, 0.1) is 0 Å². The predicted octanol–water partition coefficient (Wildman–Crippen LogP) is 5.94. The van der Waals surface area contributed by atoms with E-state index in [4.69, 9.17) is 4.74 Å². The zero-order chi connectivity index (χ0) is 23.1. The van der Waals surface area contributed by atoms with Gasteiger partial charge in [-0.05, 0) is 72.9 Å². The highest BCUT2D eigenvalue weighted by Crippen LogP contribution is 2.36. The highest BCUT2D eigenvalue weighted by molar-refractivity contribution is 5.98. The summed E-state index contributed by atoms with van der Waals surface area (Å²) in [5, 5.41) is 19.9. The van der Waals surface area contributed by atoms with Crippen LogP contribution >= 0.6 is 0 Å². The Morgan fingerprint density at radius 1 is 0.781 bits per heavy atom. The average molecular weight is 433 g/mol. The number of hydrogen-bond acceptors (Lipinski definition) is 3. The molecule has 0 fully saturated rings. The first-order chi connectivity index (χ1) is 15.4. The smallest absolute Gasteiger partial charge is 0.158 e. The van der Waals surface area contributed by atoms with Crippen molar-refractivity contribution in [3.8, 4) is 17.2 Å². The summed E-state index contributed by atoms with van der Waals surface area (Å²) in [6.07, 6.45) is 0. The van der Waals surface area contributed by atoms with Crippen LogP contribution in [0.4, 0.5) is 0 Å². The molecule has 2 N–H and O–H groups in total. The molecule has 4 heteroatoms. The molecule has 0 bridgehead atoms. The van der Waals surface area contributed by atoms with Gasteiger partial charge in [0, 0.05) is 0 Å². The second kappa shape index (κ2) is 10.4. The van der Waals surface area contributed by atoms with Gasteiger partial charge in [0.05, 0.1) is 20.1 Å². The Balaban J connectivity index is 1.91. The lowest BCUT2D eigenvalue weighted by Gasteiger charge is -2.31. The van der Waals surface area contributed by atoms with E-state index < -0.39 is 0 Å². The van der Waals surface area contributed by atoms with Crippen LogP contribution in [0.1, 0.15) is 37.5 Å². The number of ether oxygens (including phenoxy) is 1. The van der Waals surface area contributed by atoms with Gasteiger partial charge >= 0.3 is 0 Å². The third-order valence-corrected chi connectivity index (χ3v) is 6.42. The minimum atomic E-state index is -0.131. The first-order valence-corrected chi connectivity index (χ1v) is 11.2. The number of hydrogen-bond donors (Lipinski definition) is 2. The van der Waals surface area contributed by atoms with Gasteiger partial charge in [-0.3, -0.25) is 0 Å². The first-order valence-electron chi connectivity index (χ1n) is 11.2. The molecule has 0 heterocycles. The third-order valence-electron chi connectivity index (χ3n) is 6.42. The molecule has 0 aliphatic heterocycles. The molecule has 0 radical (unpaired) electrons. The van der Waals surface area contributed by atoms with Crippen LogP contribution < -0.4 is 4.74 Å². The van der Waals surface area contributed by atoms with E-state index >= 15 is 0 Å². The van der Waals surface area contributed by atoms with Crippen molar-refractivity contribution >= 4 is 11.1 Å². The van der Waals surface area contributed by atoms with Crippen molar-refractivity contribution in [3.63, 3.8) is 0 Å². The maximum atomic E-state index is 10.1. The Morgan fingerprint density at radius 2 is 1.41 bits per heavy atom. The summed E-state index contributed by atoms with van der Waals surface area (Å²) in [7, 11) is 2.25. The maximum Gasteiger partial charge on any atom is 0.158 e. The average Bonchev–Trinajstić information content (AvgIpc) is 2.83. The van der Waals surface area contributed by atoms with Gasteiger partial charge in [-0.15, -0.1) is 0 Å². The summed E-state index contributed by atoms with van der Waals surface area (Å²) < 4.78 is 7.01. The molecule has 3 rings (SSSR count). The largest absolute Gasteiger partial charge is 0.504 e. The van der Waals surface area contributed by atoms with Crippen LogP contribution in [-0.4, -0.2) is 48.0 Å². The number of rotatable bonds is 9. The van der Waals surface area contributed by atoms with E-state index in [1.807, 2.05) is 36.4 Å². The summed E-state index contributed by atoms with van der Waals surface area (Å²) in [6, 6.07) is 23.2. The quantitative estimate of drug-likeness (QED) is 0.250. The monoisotopic (exact) mass is 432 g/mol. The molecule has 0 amide bonds. The molecular weight excluding hydrogens is 398 g/mol. The Hall–Kier alpha value is -3.24. The molecule has 3 aromatic rings. The Labute approximate surface area is 191 Å². The number of aromatic hydroxyl groups is 2. The SMILES string of the molecule is CC[N+](C)(CC)CCOc1ccc(/C(=C(/C)c2ccccc2)c2ccc(O)c(O)c2)cc1. The van der Waals surface area contributed by atoms with E-state index in [9.17, 15) is 10.2 Å². The Kier molecular flexibility index (Phi) is 7.60. The number of phenolic OH excluding ortho intramolecular Hbond substituents is 2. The number of nitrogens with zero attached hydrogens (tertiary/aromatic N) is 1. The minimum absolute atomic E-state index is 0.126. The standard InChI is InChI=1S/C28H33NO3/c1-5-29(4,6-2)18-19-32-25-15-12-23(13-16-25)28(21(3)22-10-8-7-9-11-22)24-14-17-26(30)27(31)20-24/h7-17,20H,5-6,18-19H2,1-4H3,(H-,30,31)/p+1/b28-21+. The Bertz CT molecular complexity index is 1050. The zero-order valence-electron chi connectivity index (χ0n) is 19.5. The third kappa shape index (κ3) is 5.51. The lowest BCUT2D eigenvalue weighted by atomic mass is 9.90. The van der Waals surface area contributed by atoms with E-state index in [2.05, 4.69) is 52.1 Å². The number of phenols is 2. The van der Waals surface area contributed by atoms with Gasteiger partial charge in [0.15, 0.2) is 11.5 Å². The van der Waals surface area contributed by atoms with Crippen molar-refractivity contribution < 1.29 is 19.4 Å². The van der Waals surface area contributed by atoms with E-state index in [1.165, 1.54) is 6.07 Å². The van der Waals surface area contributed by atoms with Crippen molar-refractivity contribution in [2.75, 3.05) is 33.3 Å². The molecule has 0 aromatic heterocycles. The van der Waals surface area contributed by atoms with Crippen molar-refractivity contribution in [3.05, 3.63) is 89.5 Å². The number of allylic oxidation sites excluding steroid dienone is 1. The van der Waals surface area contributed by atoms with Gasteiger partial charge in [-0.25, -0.2) is 0 Å². The summed E-state index contributed by atoms with van der Waals surface area (Å²) in [4.78, 5) is 0. The highest BCUT2D eigenvalue weighted by atomic mass is 16.5. The molecule has 168 valence electrons. The first kappa shape index (κ1) is 23.4. The summed E-state index contributed by atoms with van der Waals surface area (Å²) in [5.41, 5.74) is 5.05. The lowest BCUT2D eigenvalue weighted by molar-refractivity contribution is -0.906. The fraction of sp³-hybridized carbons (Fsp3) is 0.286. The molecule has 0 saturated heterocycles. The van der Waals surface area contributed by atoms with Gasteiger partial charge in [0.1, 0.15) is 18.9 Å². The number of benzene rings is 3. The van der Waals surface area contributed by atoms with Crippen LogP contribution in [-0.2, 0) is 0 Å². The van der Waals surface area contributed by atoms with Gasteiger partial charge < -0.3 is 19.4 Å². The molecule has 0 aliphatic carbocycles. The second-order valence-corrected chi connectivity index (χ2v) is 8.42. The van der Waals surface area contributed by atoms with Crippen LogP contribution in [0.15, 0.2) is 72.8 Å². The molecule has 4 nitrogen and oxygen atoms in total. The summed E-state index contributed by atoms with van der Waals surface area (Å²) >= 11 is 0. The van der Waals surface area contributed by atoms with E-state index in [-0.39, 0.29) is 11.5 Å². The van der Waals surface area contributed by atoms with Crippen molar-refractivity contribution in [2.45, 2.75) is 20.8 Å². The molecular formula is C28H34NO3+. The summed E-state index contributed by atoms with van der Waals surface area (Å²) in [6.45, 7) is 10.3. The number of likely N-dealkylation sites (N-methyl/N-ethyl adjacent to an activating group) is 1. The second-order valence-electron chi connectivity index (χ2n) is 8.42. The molecule has 0 unspecified atom stereocenters. The fourth-order valence-corrected chi connectivity index (χ4v) is 3.75. The van der Waals surface area contributed by atoms with Crippen molar-refractivity contribution in [1.29, 1.82) is 0 Å². The lowest BCUT2D eigenvalue weighted by Crippen LogP contribution is -2.46. The van der Waals surface area contributed by atoms with Crippen LogP contribution in [0.2, 0.25) is 0 Å². The number of quaternary nitrogens is 1. The Morgan fingerprint density at radius 3 is 2.00 bits per heavy atom. The van der Waals surface area contributed by atoms with E-state index in [0.717, 1.165) is 57.7 Å².